The van der Waals surface area contributed by atoms with E-state index >= 15 is 0 Å². The van der Waals surface area contributed by atoms with Crippen LogP contribution in [0.5, 0.6) is 5.75 Å². The Balaban J connectivity index is 2.04. The van der Waals surface area contributed by atoms with Gasteiger partial charge in [0, 0.05) is 6.54 Å². The highest BCUT2D eigenvalue weighted by Gasteiger charge is 2.38. The van der Waals surface area contributed by atoms with Crippen molar-refractivity contribution in [2.24, 2.45) is 0 Å². The molecule has 1 aliphatic heterocycles. The lowest BCUT2D eigenvalue weighted by molar-refractivity contribution is -0.127. The second-order valence-electron chi connectivity index (χ2n) is 5.98. The van der Waals surface area contributed by atoms with E-state index in [1.165, 1.54) is 6.07 Å². The average Bonchev–Trinajstić information content (AvgIpc) is 2.66. The molecular weight excluding hydrogens is 395 g/mol. The summed E-state index contributed by atoms with van der Waals surface area (Å²) in [5.74, 6) is -0.898. The van der Waals surface area contributed by atoms with Gasteiger partial charge in [0.1, 0.15) is 16.5 Å². The maximum Gasteiger partial charge on any atom is 0.266 e. The van der Waals surface area contributed by atoms with Crippen molar-refractivity contribution < 1.29 is 22.3 Å². The van der Waals surface area contributed by atoms with Crippen LogP contribution in [0.15, 0.2) is 47.4 Å². The zero-order valence-electron chi connectivity index (χ0n) is 14.5. The third-order valence-corrected chi connectivity index (χ3v) is 6.30. The van der Waals surface area contributed by atoms with E-state index in [-0.39, 0.29) is 27.9 Å². The van der Waals surface area contributed by atoms with Crippen molar-refractivity contribution in [2.75, 3.05) is 17.4 Å². The molecule has 1 unspecified atom stereocenters. The molecule has 27 heavy (non-hydrogen) atoms. The third-order valence-electron chi connectivity index (χ3n) is 4.04. The molecule has 0 fully saturated rings. The highest BCUT2D eigenvalue weighted by atomic mass is 35.5. The largest absolute Gasteiger partial charge is 0.476 e. The van der Waals surface area contributed by atoms with Gasteiger partial charge in [-0.15, -0.1) is 0 Å². The molecule has 2 aromatic carbocycles. The summed E-state index contributed by atoms with van der Waals surface area (Å²) in [5, 5.41) is 2.59. The first-order chi connectivity index (χ1) is 12.8. The molecule has 2 aromatic rings. The second-order valence-corrected chi connectivity index (χ2v) is 8.21. The Bertz CT molecular complexity index is 968. The minimum Gasteiger partial charge on any atom is -0.476 e. The number of para-hydroxylation sites is 2. The van der Waals surface area contributed by atoms with Crippen LogP contribution < -0.4 is 14.4 Å². The normalized spacial score (nSPS) is 16.4. The van der Waals surface area contributed by atoms with E-state index < -0.39 is 27.9 Å². The smallest absolute Gasteiger partial charge is 0.266 e. The van der Waals surface area contributed by atoms with E-state index in [1.807, 2.05) is 6.92 Å². The molecule has 0 spiro atoms. The maximum atomic E-state index is 13.7. The summed E-state index contributed by atoms with van der Waals surface area (Å²) in [7, 11) is -4.21. The van der Waals surface area contributed by atoms with Gasteiger partial charge in [-0.1, -0.05) is 30.7 Å². The van der Waals surface area contributed by atoms with Crippen molar-refractivity contribution in [1.82, 2.24) is 5.32 Å². The van der Waals surface area contributed by atoms with Crippen LogP contribution in [0.25, 0.3) is 0 Å². The Morgan fingerprint density at radius 2 is 2.07 bits per heavy atom. The number of nitrogens with one attached hydrogen (secondary N) is 1. The highest BCUT2D eigenvalue weighted by molar-refractivity contribution is 7.93. The van der Waals surface area contributed by atoms with Crippen LogP contribution in [0, 0.1) is 5.82 Å². The monoisotopic (exact) mass is 412 g/mol. The van der Waals surface area contributed by atoms with Gasteiger partial charge >= 0.3 is 0 Å². The Morgan fingerprint density at radius 1 is 1.33 bits per heavy atom. The average molecular weight is 413 g/mol. The summed E-state index contributed by atoms with van der Waals surface area (Å²) in [6.07, 6.45) is -0.302. The molecule has 1 heterocycles. The van der Waals surface area contributed by atoms with Crippen molar-refractivity contribution in [3.63, 3.8) is 0 Å². The number of anilines is 1. The van der Waals surface area contributed by atoms with Crippen molar-refractivity contribution in [1.29, 1.82) is 0 Å². The van der Waals surface area contributed by atoms with Crippen molar-refractivity contribution in [3.05, 3.63) is 53.3 Å². The van der Waals surface area contributed by atoms with E-state index in [1.54, 1.807) is 24.3 Å². The fourth-order valence-corrected chi connectivity index (χ4v) is 4.69. The maximum absolute atomic E-state index is 13.7. The number of halogens is 2. The van der Waals surface area contributed by atoms with E-state index in [0.717, 1.165) is 22.9 Å². The van der Waals surface area contributed by atoms with Crippen molar-refractivity contribution >= 4 is 33.2 Å². The van der Waals surface area contributed by atoms with Crippen LogP contribution >= 0.6 is 11.6 Å². The number of ether oxygens (including phenoxy) is 1. The number of carbonyl (C=O) groups is 1. The first kappa shape index (κ1) is 19.4. The van der Waals surface area contributed by atoms with Gasteiger partial charge in [0.25, 0.3) is 15.9 Å². The van der Waals surface area contributed by atoms with E-state index in [4.69, 9.17) is 16.3 Å². The van der Waals surface area contributed by atoms with E-state index in [9.17, 15) is 17.6 Å². The van der Waals surface area contributed by atoms with Gasteiger partial charge in [0.2, 0.25) is 0 Å². The Labute approximate surface area is 161 Å². The Morgan fingerprint density at radius 3 is 2.81 bits per heavy atom. The van der Waals surface area contributed by atoms with Crippen LogP contribution in [-0.2, 0) is 14.8 Å². The van der Waals surface area contributed by atoms with Gasteiger partial charge in [-0.25, -0.2) is 12.8 Å². The van der Waals surface area contributed by atoms with Gasteiger partial charge in [-0.05, 0) is 36.8 Å². The summed E-state index contributed by atoms with van der Waals surface area (Å²) >= 11 is 6.01. The summed E-state index contributed by atoms with van der Waals surface area (Å²) < 4.78 is 46.8. The fourth-order valence-electron chi connectivity index (χ4n) is 2.72. The number of carbonyl (C=O) groups excluding carboxylic acids is 1. The zero-order chi connectivity index (χ0) is 19.6. The number of sulfonamides is 1. The molecule has 6 nitrogen and oxygen atoms in total. The number of hydrogen-bond donors (Lipinski definition) is 1. The lowest BCUT2D eigenvalue weighted by atomic mass is 10.2. The van der Waals surface area contributed by atoms with E-state index in [2.05, 4.69) is 5.32 Å². The molecule has 9 heteroatoms. The molecule has 0 aliphatic carbocycles. The fraction of sp³-hybridized carbons (Fsp3) is 0.278. The second kappa shape index (κ2) is 7.74. The van der Waals surface area contributed by atoms with Crippen LogP contribution in [-0.4, -0.2) is 33.5 Å². The lowest BCUT2D eigenvalue weighted by Gasteiger charge is -2.34. The number of fused-ring (bicyclic) bond motifs is 1. The number of benzene rings is 2. The first-order valence-corrected chi connectivity index (χ1v) is 10.2. The summed E-state index contributed by atoms with van der Waals surface area (Å²) in [6.45, 7) is 2.10. The molecule has 144 valence electrons. The van der Waals surface area contributed by atoms with Crippen LogP contribution in [0.1, 0.15) is 13.3 Å². The lowest BCUT2D eigenvalue weighted by Crippen LogP contribution is -2.50. The highest BCUT2D eigenvalue weighted by Crippen LogP contribution is 2.38. The van der Waals surface area contributed by atoms with Gasteiger partial charge in [0.05, 0.1) is 17.3 Å². The summed E-state index contributed by atoms with van der Waals surface area (Å²) in [5.41, 5.74) is 0.261. The van der Waals surface area contributed by atoms with Crippen molar-refractivity contribution in [3.8, 4) is 5.75 Å². The predicted molar refractivity (Wildman–Crippen MR) is 100 cm³/mol. The Hall–Kier alpha value is -2.32. The number of nitrogens with zero attached hydrogens (tertiary/aromatic N) is 1. The van der Waals surface area contributed by atoms with E-state index in [0.29, 0.717) is 6.54 Å². The van der Waals surface area contributed by atoms with Crippen molar-refractivity contribution in [2.45, 2.75) is 24.3 Å². The molecular formula is C18H18ClFN2O4S. The molecule has 1 N–H and O–H groups in total. The number of amides is 1. The zero-order valence-corrected chi connectivity index (χ0v) is 16.1. The van der Waals surface area contributed by atoms with Crippen LogP contribution in [0.2, 0.25) is 5.02 Å². The molecule has 0 saturated heterocycles. The van der Waals surface area contributed by atoms with Gasteiger partial charge in [-0.3, -0.25) is 9.10 Å². The predicted octanol–water partition coefficient (Wildman–Crippen LogP) is 2.96. The number of rotatable bonds is 5. The standard InChI is InChI=1S/C18H18ClFN2O4S/c1-2-9-21-18(23)16-11-22(14-5-3-4-6-15(14)26-16)27(24,25)17-10-12(20)7-8-13(17)19/h3-8,10,16H,2,9,11H2,1H3,(H,21,23). The van der Waals surface area contributed by atoms with Crippen LogP contribution in [0.3, 0.4) is 0 Å². The Kier molecular flexibility index (Phi) is 5.57. The molecule has 0 bridgehead atoms. The van der Waals surface area contributed by atoms with Gasteiger partial charge < -0.3 is 10.1 Å². The minimum atomic E-state index is -4.21. The topological polar surface area (TPSA) is 75.7 Å². The molecule has 3 rings (SSSR count). The summed E-state index contributed by atoms with van der Waals surface area (Å²) in [4.78, 5) is 12.0. The third kappa shape index (κ3) is 3.86. The quantitative estimate of drug-likeness (QED) is 0.819. The van der Waals surface area contributed by atoms with Gasteiger partial charge in [0.15, 0.2) is 6.10 Å². The number of hydrogen-bond acceptors (Lipinski definition) is 4. The molecule has 0 radical (unpaired) electrons. The molecule has 1 aliphatic rings. The van der Waals surface area contributed by atoms with Crippen LogP contribution in [0.4, 0.5) is 10.1 Å². The molecule has 0 aromatic heterocycles. The molecule has 1 amide bonds. The SMILES string of the molecule is CCCNC(=O)C1CN(S(=O)(=O)c2cc(F)ccc2Cl)c2ccccc2O1. The molecule has 0 saturated carbocycles. The molecule has 1 atom stereocenters. The first-order valence-electron chi connectivity index (χ1n) is 8.35. The summed E-state index contributed by atoms with van der Waals surface area (Å²) in [6, 6.07) is 9.57. The van der Waals surface area contributed by atoms with Gasteiger partial charge in [-0.2, -0.15) is 0 Å². The minimum absolute atomic E-state index is 0.104.